The number of nitrogens with zero attached hydrogens (tertiary/aromatic N) is 3. The number of amides is 1. The van der Waals surface area contributed by atoms with Crippen LogP contribution < -0.4 is 0 Å². The van der Waals surface area contributed by atoms with E-state index >= 15 is 0 Å². The van der Waals surface area contributed by atoms with Crippen LogP contribution in [0, 0.1) is 0 Å². The van der Waals surface area contributed by atoms with Gasteiger partial charge in [0.05, 0.1) is 21.8 Å². The molecule has 4 rings (SSSR count). The van der Waals surface area contributed by atoms with Crippen molar-refractivity contribution in [2.45, 2.75) is 19.5 Å². The van der Waals surface area contributed by atoms with E-state index in [0.717, 1.165) is 21.3 Å². The second-order valence-corrected chi connectivity index (χ2v) is 7.30. The fourth-order valence-electron chi connectivity index (χ4n) is 3.14. The molecule has 2 aromatic carbocycles. The first-order chi connectivity index (χ1) is 13.2. The number of rotatable bonds is 5. The molecule has 4 aromatic rings. The third-order valence-corrected chi connectivity index (χ3v) is 5.46. The summed E-state index contributed by atoms with van der Waals surface area (Å²) in [5, 5.41) is 0. The number of hydrogen-bond acceptors (Lipinski definition) is 4. The number of thiazole rings is 1. The van der Waals surface area contributed by atoms with Gasteiger partial charge in [-0.25, -0.2) is 4.98 Å². The molecule has 2 aromatic heterocycles. The molecule has 0 aliphatic carbocycles. The summed E-state index contributed by atoms with van der Waals surface area (Å²) in [5.41, 5.74) is 5.52. The van der Waals surface area contributed by atoms with Gasteiger partial charge in [0.2, 0.25) is 0 Å². The Morgan fingerprint density at radius 3 is 2.74 bits per heavy atom. The van der Waals surface area contributed by atoms with Crippen molar-refractivity contribution in [1.82, 2.24) is 14.9 Å². The van der Waals surface area contributed by atoms with Crippen LogP contribution in [0.2, 0.25) is 0 Å². The van der Waals surface area contributed by atoms with Crippen LogP contribution in [0.25, 0.3) is 10.2 Å². The van der Waals surface area contributed by atoms with Gasteiger partial charge < -0.3 is 4.90 Å². The molecule has 5 heteroatoms. The SMILES string of the molecule is C[C@@H](c1ccccc1)N(Cc1cccnc1)C(=O)c1ccc2ncsc2c1. The molecular weight excluding hydrogens is 354 g/mol. The number of pyridine rings is 1. The van der Waals surface area contributed by atoms with Gasteiger partial charge >= 0.3 is 0 Å². The summed E-state index contributed by atoms with van der Waals surface area (Å²) < 4.78 is 1.02. The standard InChI is InChI=1S/C22H19N3OS/c1-16(18-7-3-2-4-8-18)25(14-17-6-5-11-23-13-17)22(26)19-9-10-20-21(12-19)27-15-24-20/h2-13,15-16H,14H2,1H3/t16-/m0/s1. The average Bonchev–Trinajstić information content (AvgIpc) is 3.20. The summed E-state index contributed by atoms with van der Waals surface area (Å²) in [7, 11) is 0. The van der Waals surface area contributed by atoms with E-state index in [0.29, 0.717) is 12.1 Å². The van der Waals surface area contributed by atoms with Crippen molar-refractivity contribution in [2.75, 3.05) is 0 Å². The smallest absolute Gasteiger partial charge is 0.254 e. The molecule has 4 nitrogen and oxygen atoms in total. The minimum atomic E-state index is -0.0592. The fraction of sp³-hybridized carbons (Fsp3) is 0.136. The third kappa shape index (κ3) is 3.73. The number of hydrogen-bond donors (Lipinski definition) is 0. The number of aromatic nitrogens is 2. The van der Waals surface area contributed by atoms with Gasteiger partial charge in [-0.15, -0.1) is 11.3 Å². The van der Waals surface area contributed by atoms with Crippen molar-refractivity contribution in [2.24, 2.45) is 0 Å². The van der Waals surface area contributed by atoms with Crippen LogP contribution in [0.5, 0.6) is 0 Å². The molecule has 0 unspecified atom stereocenters. The van der Waals surface area contributed by atoms with Crippen LogP contribution in [0.4, 0.5) is 0 Å². The first-order valence-electron chi connectivity index (χ1n) is 8.80. The number of carbonyl (C=O) groups is 1. The van der Waals surface area contributed by atoms with E-state index in [-0.39, 0.29) is 11.9 Å². The highest BCUT2D eigenvalue weighted by Gasteiger charge is 2.23. The predicted molar refractivity (Wildman–Crippen MR) is 109 cm³/mol. The second kappa shape index (κ2) is 7.68. The summed E-state index contributed by atoms with van der Waals surface area (Å²) in [6.45, 7) is 2.57. The van der Waals surface area contributed by atoms with Gasteiger partial charge in [-0.05, 0) is 42.3 Å². The van der Waals surface area contributed by atoms with Crippen LogP contribution in [-0.4, -0.2) is 20.8 Å². The lowest BCUT2D eigenvalue weighted by Gasteiger charge is -2.30. The lowest BCUT2D eigenvalue weighted by Crippen LogP contribution is -2.33. The molecular formula is C22H19N3OS. The summed E-state index contributed by atoms with van der Waals surface area (Å²) >= 11 is 1.55. The minimum absolute atomic E-state index is 0.00510. The van der Waals surface area contributed by atoms with Crippen molar-refractivity contribution in [3.63, 3.8) is 0 Å². The molecule has 0 fully saturated rings. The molecule has 0 spiro atoms. The molecule has 27 heavy (non-hydrogen) atoms. The summed E-state index contributed by atoms with van der Waals surface area (Å²) in [6.07, 6.45) is 3.55. The lowest BCUT2D eigenvalue weighted by molar-refractivity contribution is 0.0674. The molecule has 0 bridgehead atoms. The Morgan fingerprint density at radius 1 is 1.11 bits per heavy atom. The molecule has 134 valence electrons. The van der Waals surface area contributed by atoms with Crippen molar-refractivity contribution in [1.29, 1.82) is 0 Å². The van der Waals surface area contributed by atoms with Crippen molar-refractivity contribution < 1.29 is 4.79 Å². The Bertz CT molecular complexity index is 1050. The average molecular weight is 373 g/mol. The molecule has 0 radical (unpaired) electrons. The van der Waals surface area contributed by atoms with E-state index in [9.17, 15) is 4.79 Å². The minimum Gasteiger partial charge on any atom is -0.328 e. The number of fused-ring (bicyclic) bond motifs is 1. The quantitative estimate of drug-likeness (QED) is 0.489. The molecule has 0 aliphatic rings. The van der Waals surface area contributed by atoms with E-state index in [1.165, 1.54) is 0 Å². The first kappa shape index (κ1) is 17.4. The van der Waals surface area contributed by atoms with Crippen LogP contribution >= 0.6 is 11.3 Å². The van der Waals surface area contributed by atoms with Gasteiger partial charge in [0.15, 0.2) is 0 Å². The third-order valence-electron chi connectivity index (χ3n) is 4.66. The van der Waals surface area contributed by atoms with Crippen molar-refractivity contribution in [3.8, 4) is 0 Å². The monoisotopic (exact) mass is 373 g/mol. The summed E-state index contributed by atoms with van der Waals surface area (Å²) in [4.78, 5) is 23.8. The largest absolute Gasteiger partial charge is 0.328 e. The Balaban J connectivity index is 1.70. The maximum Gasteiger partial charge on any atom is 0.254 e. The zero-order chi connectivity index (χ0) is 18.6. The molecule has 1 amide bonds. The first-order valence-corrected chi connectivity index (χ1v) is 9.68. The Morgan fingerprint density at radius 2 is 1.96 bits per heavy atom. The maximum atomic E-state index is 13.4. The zero-order valence-electron chi connectivity index (χ0n) is 14.9. The Labute approximate surface area is 162 Å². The van der Waals surface area contributed by atoms with Gasteiger partial charge in [-0.3, -0.25) is 9.78 Å². The normalized spacial score (nSPS) is 12.0. The molecule has 0 saturated carbocycles. The Kier molecular flexibility index (Phi) is 4.94. The van der Waals surface area contributed by atoms with Gasteiger partial charge in [-0.2, -0.15) is 0 Å². The Hall–Kier alpha value is -3.05. The van der Waals surface area contributed by atoms with E-state index in [2.05, 4.69) is 29.0 Å². The molecule has 0 aliphatic heterocycles. The second-order valence-electron chi connectivity index (χ2n) is 6.42. The summed E-state index contributed by atoms with van der Waals surface area (Å²) in [5.74, 6) is 0.00510. The predicted octanol–water partition coefficient (Wildman–Crippen LogP) is 5.09. The van der Waals surface area contributed by atoms with E-state index in [1.807, 2.05) is 59.6 Å². The van der Waals surface area contributed by atoms with Crippen LogP contribution in [0.3, 0.4) is 0 Å². The van der Waals surface area contributed by atoms with Gasteiger partial charge in [0, 0.05) is 24.5 Å². The zero-order valence-corrected chi connectivity index (χ0v) is 15.8. The van der Waals surface area contributed by atoms with Crippen molar-refractivity contribution in [3.05, 3.63) is 95.3 Å². The van der Waals surface area contributed by atoms with E-state index in [4.69, 9.17) is 0 Å². The highest BCUT2D eigenvalue weighted by atomic mass is 32.1. The van der Waals surface area contributed by atoms with Crippen LogP contribution in [0.15, 0.2) is 78.6 Å². The van der Waals surface area contributed by atoms with Gasteiger partial charge in [-0.1, -0.05) is 36.4 Å². The molecule has 0 N–H and O–H groups in total. The number of carbonyl (C=O) groups excluding carboxylic acids is 1. The maximum absolute atomic E-state index is 13.4. The number of benzene rings is 2. The van der Waals surface area contributed by atoms with E-state index in [1.54, 1.807) is 23.0 Å². The highest BCUT2D eigenvalue weighted by Crippen LogP contribution is 2.26. The molecule has 2 heterocycles. The van der Waals surface area contributed by atoms with Crippen molar-refractivity contribution >= 4 is 27.5 Å². The fourth-order valence-corrected chi connectivity index (χ4v) is 3.85. The van der Waals surface area contributed by atoms with Gasteiger partial charge in [0.25, 0.3) is 5.91 Å². The van der Waals surface area contributed by atoms with E-state index < -0.39 is 0 Å². The topological polar surface area (TPSA) is 46.1 Å². The van der Waals surface area contributed by atoms with Gasteiger partial charge in [0.1, 0.15) is 0 Å². The molecule has 0 saturated heterocycles. The summed E-state index contributed by atoms with van der Waals surface area (Å²) in [6, 6.07) is 19.6. The van der Waals surface area contributed by atoms with Crippen LogP contribution in [0.1, 0.15) is 34.5 Å². The highest BCUT2D eigenvalue weighted by molar-refractivity contribution is 7.16. The van der Waals surface area contributed by atoms with Crippen LogP contribution in [-0.2, 0) is 6.54 Å². The lowest BCUT2D eigenvalue weighted by atomic mass is 10.0. The molecule has 1 atom stereocenters.